The Morgan fingerprint density at radius 3 is 2.71 bits per heavy atom. The molecule has 0 aromatic carbocycles. The van der Waals surface area contributed by atoms with Crippen molar-refractivity contribution in [1.82, 2.24) is 10.3 Å². The van der Waals surface area contributed by atoms with Crippen molar-refractivity contribution in [3.63, 3.8) is 0 Å². The van der Waals surface area contributed by atoms with Crippen LogP contribution in [0.5, 0.6) is 0 Å². The van der Waals surface area contributed by atoms with Gasteiger partial charge < -0.3 is 10.2 Å². The third kappa shape index (κ3) is 4.19. The van der Waals surface area contributed by atoms with Crippen LogP contribution in [0, 0.1) is 12.8 Å². The van der Waals surface area contributed by atoms with Crippen molar-refractivity contribution in [1.29, 1.82) is 0 Å². The van der Waals surface area contributed by atoms with E-state index in [1.54, 1.807) is 0 Å². The number of piperidine rings is 1. The number of aromatic nitrogens is 1. The topological polar surface area (TPSA) is 28.2 Å². The van der Waals surface area contributed by atoms with Crippen LogP contribution < -0.4 is 10.2 Å². The first-order valence-electron chi connectivity index (χ1n) is 8.25. The average molecular weight is 289 g/mol. The van der Waals surface area contributed by atoms with Crippen LogP contribution in [0.25, 0.3) is 0 Å². The minimum atomic E-state index is 0.128. The molecule has 3 heteroatoms. The van der Waals surface area contributed by atoms with Gasteiger partial charge in [0.1, 0.15) is 0 Å². The third-order valence-corrected chi connectivity index (χ3v) is 4.59. The van der Waals surface area contributed by atoms with E-state index in [1.807, 2.05) is 0 Å². The molecule has 1 aliphatic heterocycles. The molecule has 0 saturated carbocycles. The number of hydrogen-bond acceptors (Lipinski definition) is 3. The maximum Gasteiger partial charge on any atom is 0.0448 e. The Morgan fingerprint density at radius 2 is 2.05 bits per heavy atom. The van der Waals surface area contributed by atoms with Crippen LogP contribution in [0.2, 0.25) is 0 Å². The molecule has 0 spiro atoms. The van der Waals surface area contributed by atoms with Gasteiger partial charge in [-0.2, -0.15) is 0 Å². The lowest BCUT2D eigenvalue weighted by molar-refractivity contribution is 0.362. The quantitative estimate of drug-likeness (QED) is 0.914. The Balaban J connectivity index is 2.26. The van der Waals surface area contributed by atoms with Crippen molar-refractivity contribution in [2.45, 2.75) is 72.5 Å². The van der Waals surface area contributed by atoms with E-state index >= 15 is 0 Å². The maximum absolute atomic E-state index is 4.51. The molecule has 3 nitrogen and oxygen atoms in total. The van der Waals surface area contributed by atoms with E-state index in [2.05, 4.69) is 69.0 Å². The summed E-state index contributed by atoms with van der Waals surface area (Å²) in [5.41, 5.74) is 3.92. The van der Waals surface area contributed by atoms with Crippen molar-refractivity contribution < 1.29 is 0 Å². The third-order valence-electron chi connectivity index (χ3n) is 4.59. The predicted molar refractivity (Wildman–Crippen MR) is 90.8 cm³/mol. The first-order valence-corrected chi connectivity index (χ1v) is 8.25. The number of nitrogens with zero attached hydrogens (tertiary/aromatic N) is 2. The standard InChI is InChI=1S/C18H31N3/c1-13-8-7-9-21(15(13)3)17-10-14(2)19-11-16(17)12-20-18(4,5)6/h10-11,13,15,20H,7-9,12H2,1-6H3. The number of rotatable bonds is 3. The van der Waals surface area contributed by atoms with Gasteiger partial charge in [-0.15, -0.1) is 0 Å². The normalized spacial score (nSPS) is 23.4. The highest BCUT2D eigenvalue weighted by molar-refractivity contribution is 5.55. The Morgan fingerprint density at radius 1 is 1.33 bits per heavy atom. The fourth-order valence-electron chi connectivity index (χ4n) is 3.01. The van der Waals surface area contributed by atoms with Gasteiger partial charge in [-0.3, -0.25) is 4.98 Å². The summed E-state index contributed by atoms with van der Waals surface area (Å²) in [5.74, 6) is 0.760. The van der Waals surface area contributed by atoms with E-state index in [9.17, 15) is 0 Å². The van der Waals surface area contributed by atoms with Crippen LogP contribution in [0.3, 0.4) is 0 Å². The monoisotopic (exact) mass is 289 g/mol. The molecular weight excluding hydrogens is 258 g/mol. The first kappa shape index (κ1) is 16.3. The Bertz CT molecular complexity index is 476. The van der Waals surface area contributed by atoms with Gasteiger partial charge in [-0.1, -0.05) is 6.92 Å². The summed E-state index contributed by atoms with van der Waals surface area (Å²) in [4.78, 5) is 7.10. The zero-order valence-corrected chi connectivity index (χ0v) is 14.5. The average Bonchev–Trinajstić information content (AvgIpc) is 2.39. The summed E-state index contributed by atoms with van der Waals surface area (Å²) in [6.07, 6.45) is 4.69. The molecule has 2 unspecified atom stereocenters. The number of aryl methyl sites for hydroxylation is 1. The van der Waals surface area contributed by atoms with E-state index in [4.69, 9.17) is 0 Å². The molecule has 21 heavy (non-hydrogen) atoms. The van der Waals surface area contributed by atoms with Gasteiger partial charge in [-0.05, 0) is 59.4 Å². The van der Waals surface area contributed by atoms with Crippen molar-refractivity contribution in [2.24, 2.45) is 5.92 Å². The molecule has 1 fully saturated rings. The van der Waals surface area contributed by atoms with Gasteiger partial charge in [-0.25, -0.2) is 0 Å². The number of hydrogen-bond donors (Lipinski definition) is 1. The molecule has 1 saturated heterocycles. The van der Waals surface area contributed by atoms with Crippen molar-refractivity contribution in [2.75, 3.05) is 11.4 Å². The second-order valence-corrected chi connectivity index (χ2v) is 7.61. The lowest BCUT2D eigenvalue weighted by Gasteiger charge is -2.41. The summed E-state index contributed by atoms with van der Waals surface area (Å²) < 4.78 is 0. The van der Waals surface area contributed by atoms with Crippen molar-refractivity contribution in [3.05, 3.63) is 23.5 Å². The van der Waals surface area contributed by atoms with Crippen molar-refractivity contribution in [3.8, 4) is 0 Å². The first-order chi connectivity index (χ1) is 9.78. The van der Waals surface area contributed by atoms with E-state index in [1.165, 1.54) is 24.1 Å². The Hall–Kier alpha value is -1.09. The smallest absolute Gasteiger partial charge is 0.0448 e. The van der Waals surface area contributed by atoms with Crippen LogP contribution in [-0.2, 0) is 6.54 Å². The van der Waals surface area contributed by atoms with Crippen LogP contribution in [-0.4, -0.2) is 23.1 Å². The minimum Gasteiger partial charge on any atom is -0.368 e. The summed E-state index contributed by atoms with van der Waals surface area (Å²) in [6, 6.07) is 2.86. The van der Waals surface area contributed by atoms with Gasteiger partial charge in [0.2, 0.25) is 0 Å². The Labute approximate surface area is 130 Å². The molecule has 1 aromatic rings. The van der Waals surface area contributed by atoms with Gasteiger partial charge in [0.05, 0.1) is 0 Å². The minimum absolute atomic E-state index is 0.128. The molecule has 0 amide bonds. The highest BCUT2D eigenvalue weighted by Gasteiger charge is 2.26. The highest BCUT2D eigenvalue weighted by Crippen LogP contribution is 2.31. The molecule has 1 N–H and O–H groups in total. The molecule has 2 heterocycles. The highest BCUT2D eigenvalue weighted by atomic mass is 15.2. The molecule has 0 radical (unpaired) electrons. The van der Waals surface area contributed by atoms with Gasteiger partial charge >= 0.3 is 0 Å². The van der Waals surface area contributed by atoms with Crippen LogP contribution in [0.1, 0.15) is 58.7 Å². The number of anilines is 1. The summed E-state index contributed by atoms with van der Waals surface area (Å²) >= 11 is 0. The molecule has 2 atom stereocenters. The van der Waals surface area contributed by atoms with Crippen LogP contribution >= 0.6 is 0 Å². The second-order valence-electron chi connectivity index (χ2n) is 7.61. The fraction of sp³-hybridized carbons (Fsp3) is 0.722. The largest absolute Gasteiger partial charge is 0.368 e. The zero-order chi connectivity index (χ0) is 15.6. The van der Waals surface area contributed by atoms with Gasteiger partial charge in [0, 0.05) is 47.8 Å². The molecule has 0 aliphatic carbocycles. The predicted octanol–water partition coefficient (Wildman–Crippen LogP) is 3.90. The number of nitrogens with one attached hydrogen (secondary N) is 1. The van der Waals surface area contributed by atoms with Gasteiger partial charge in [0.15, 0.2) is 0 Å². The molecule has 2 rings (SSSR count). The molecule has 1 aliphatic rings. The van der Waals surface area contributed by atoms with Gasteiger partial charge in [0.25, 0.3) is 0 Å². The lowest BCUT2D eigenvalue weighted by atomic mass is 9.91. The SMILES string of the molecule is Cc1cc(N2CCCC(C)C2C)c(CNC(C)(C)C)cn1. The van der Waals surface area contributed by atoms with E-state index in [0.717, 1.165) is 24.7 Å². The summed E-state index contributed by atoms with van der Waals surface area (Å²) in [7, 11) is 0. The Kier molecular flexibility index (Phi) is 4.92. The number of pyridine rings is 1. The summed E-state index contributed by atoms with van der Waals surface area (Å²) in [6.45, 7) is 15.5. The molecule has 118 valence electrons. The van der Waals surface area contributed by atoms with E-state index in [-0.39, 0.29) is 5.54 Å². The molecular formula is C18H31N3. The zero-order valence-electron chi connectivity index (χ0n) is 14.5. The van der Waals surface area contributed by atoms with Crippen molar-refractivity contribution >= 4 is 5.69 Å². The lowest BCUT2D eigenvalue weighted by Crippen LogP contribution is -2.43. The van der Waals surface area contributed by atoms with Crippen LogP contribution in [0.4, 0.5) is 5.69 Å². The van der Waals surface area contributed by atoms with Crippen LogP contribution in [0.15, 0.2) is 12.3 Å². The summed E-state index contributed by atoms with van der Waals surface area (Å²) in [5, 5.41) is 3.60. The van der Waals surface area contributed by atoms with E-state index < -0.39 is 0 Å². The fourth-order valence-corrected chi connectivity index (χ4v) is 3.01. The second kappa shape index (κ2) is 6.35. The van der Waals surface area contributed by atoms with E-state index in [0.29, 0.717) is 6.04 Å². The molecule has 1 aromatic heterocycles. The maximum atomic E-state index is 4.51. The molecule has 0 bridgehead atoms.